The average Bonchev–Trinajstić information content (AvgIpc) is 2.31. The number of carbonyl (C=O) groups excluding carboxylic acids is 1. The highest BCUT2D eigenvalue weighted by atomic mass is 16.6. The minimum absolute atomic E-state index is 0.0805. The van der Waals surface area contributed by atoms with Crippen LogP contribution in [0.2, 0.25) is 0 Å². The number of carboxylic acids is 1. The largest absolute Gasteiger partial charge is 0.504 e. The molecule has 0 bridgehead atoms. The molecule has 0 saturated heterocycles. The lowest BCUT2D eigenvalue weighted by atomic mass is 10.2. The van der Waals surface area contributed by atoms with E-state index in [9.17, 15) is 19.8 Å². The van der Waals surface area contributed by atoms with Crippen LogP contribution in [0.4, 0.5) is 0 Å². The zero-order valence-corrected chi connectivity index (χ0v) is 9.45. The number of ether oxygens (including phenoxy) is 1. The number of esters is 1. The first-order valence-corrected chi connectivity index (χ1v) is 5.05. The molecule has 0 fully saturated rings. The van der Waals surface area contributed by atoms with Crippen molar-refractivity contribution in [2.24, 2.45) is 0 Å². The molecule has 7 heteroatoms. The Morgan fingerprint density at radius 1 is 1.22 bits per heavy atom. The number of hydrogen-bond donors (Lipinski definition) is 4. The van der Waals surface area contributed by atoms with Crippen LogP contribution < -0.4 is 0 Å². The molecule has 1 aromatic rings. The number of aromatic hydroxyl groups is 3. The van der Waals surface area contributed by atoms with Crippen LogP contribution in [0.1, 0.15) is 23.7 Å². The molecular formula is C11H12O7. The molecule has 0 aliphatic rings. The minimum atomic E-state index is -1.31. The predicted molar refractivity (Wildman–Crippen MR) is 58.6 cm³/mol. The first-order valence-electron chi connectivity index (χ1n) is 5.05. The Morgan fingerprint density at radius 2 is 1.72 bits per heavy atom. The Balaban J connectivity index is 2.94. The molecule has 0 spiro atoms. The van der Waals surface area contributed by atoms with Gasteiger partial charge in [-0.2, -0.15) is 0 Å². The van der Waals surface area contributed by atoms with Gasteiger partial charge in [-0.25, -0.2) is 9.59 Å². The summed E-state index contributed by atoms with van der Waals surface area (Å²) in [4.78, 5) is 22.2. The summed E-state index contributed by atoms with van der Waals surface area (Å²) in [5.74, 6) is -4.49. The molecule has 0 amide bonds. The molecule has 7 nitrogen and oxygen atoms in total. The van der Waals surface area contributed by atoms with Crippen molar-refractivity contribution in [3.8, 4) is 17.2 Å². The minimum Gasteiger partial charge on any atom is -0.504 e. The molecule has 4 N–H and O–H groups in total. The van der Waals surface area contributed by atoms with Gasteiger partial charge in [-0.3, -0.25) is 0 Å². The monoisotopic (exact) mass is 256 g/mol. The van der Waals surface area contributed by atoms with Crippen LogP contribution in [-0.4, -0.2) is 38.5 Å². The molecule has 0 aliphatic heterocycles. The van der Waals surface area contributed by atoms with Crippen LogP contribution in [0.5, 0.6) is 17.2 Å². The van der Waals surface area contributed by atoms with Crippen LogP contribution in [-0.2, 0) is 9.53 Å². The van der Waals surface area contributed by atoms with Crippen molar-refractivity contribution in [3.05, 3.63) is 17.7 Å². The second-order valence-electron chi connectivity index (χ2n) is 3.50. The number of carboxylic acid groups (broad SMARTS) is 1. The van der Waals surface area contributed by atoms with E-state index in [-0.39, 0.29) is 12.0 Å². The number of carbonyl (C=O) groups is 2. The van der Waals surface area contributed by atoms with Crippen molar-refractivity contribution in [2.45, 2.75) is 19.4 Å². The van der Waals surface area contributed by atoms with Crippen LogP contribution >= 0.6 is 0 Å². The van der Waals surface area contributed by atoms with Crippen LogP contribution in [0, 0.1) is 0 Å². The number of benzene rings is 1. The van der Waals surface area contributed by atoms with E-state index >= 15 is 0 Å². The van der Waals surface area contributed by atoms with Gasteiger partial charge in [0.05, 0.1) is 5.56 Å². The van der Waals surface area contributed by atoms with Gasteiger partial charge in [-0.05, 0) is 18.6 Å². The molecule has 0 heterocycles. The highest BCUT2D eigenvalue weighted by molar-refractivity contribution is 5.92. The molecule has 98 valence electrons. The van der Waals surface area contributed by atoms with Crippen molar-refractivity contribution >= 4 is 11.9 Å². The van der Waals surface area contributed by atoms with E-state index in [0.717, 1.165) is 12.1 Å². The molecule has 0 aromatic heterocycles. The van der Waals surface area contributed by atoms with E-state index < -0.39 is 35.3 Å². The SMILES string of the molecule is CCC(OC(=O)c1cc(O)c(O)c(O)c1)C(=O)O. The second-order valence-corrected chi connectivity index (χ2v) is 3.50. The summed E-state index contributed by atoms with van der Waals surface area (Å²) in [7, 11) is 0. The summed E-state index contributed by atoms with van der Waals surface area (Å²) in [6.45, 7) is 1.53. The van der Waals surface area contributed by atoms with Gasteiger partial charge in [0.1, 0.15) is 0 Å². The molecule has 0 saturated carbocycles. The Kier molecular flexibility index (Phi) is 3.98. The third kappa shape index (κ3) is 2.82. The molecule has 1 rings (SSSR count). The van der Waals surface area contributed by atoms with Crippen molar-refractivity contribution in [1.29, 1.82) is 0 Å². The van der Waals surface area contributed by atoms with Gasteiger partial charge in [-0.15, -0.1) is 0 Å². The Morgan fingerprint density at radius 3 is 2.11 bits per heavy atom. The molecule has 1 aromatic carbocycles. The fraction of sp³-hybridized carbons (Fsp3) is 0.273. The summed E-state index contributed by atoms with van der Waals surface area (Å²) in [5, 5.41) is 36.2. The Hall–Kier alpha value is -2.44. The number of phenols is 3. The topological polar surface area (TPSA) is 124 Å². The summed E-state index contributed by atoms with van der Waals surface area (Å²) in [6.07, 6.45) is -1.23. The third-order valence-corrected chi connectivity index (χ3v) is 2.20. The maximum absolute atomic E-state index is 11.5. The Labute approximate surface area is 102 Å². The molecule has 1 atom stereocenters. The zero-order valence-electron chi connectivity index (χ0n) is 9.45. The zero-order chi connectivity index (χ0) is 13.9. The lowest BCUT2D eigenvalue weighted by Crippen LogP contribution is -2.26. The molecule has 0 aliphatic carbocycles. The van der Waals surface area contributed by atoms with E-state index in [4.69, 9.17) is 10.2 Å². The van der Waals surface area contributed by atoms with Gasteiger partial charge in [0.25, 0.3) is 0 Å². The highest BCUT2D eigenvalue weighted by Gasteiger charge is 2.22. The molecule has 18 heavy (non-hydrogen) atoms. The first kappa shape index (κ1) is 13.6. The van der Waals surface area contributed by atoms with E-state index in [2.05, 4.69) is 4.74 Å². The number of phenolic OH excluding ortho intramolecular Hbond substituents is 3. The first-order chi connectivity index (χ1) is 8.36. The van der Waals surface area contributed by atoms with Gasteiger partial charge in [0.2, 0.25) is 0 Å². The van der Waals surface area contributed by atoms with E-state index in [1.807, 2.05) is 0 Å². The molecule has 0 radical (unpaired) electrons. The van der Waals surface area contributed by atoms with Gasteiger partial charge < -0.3 is 25.2 Å². The smallest absolute Gasteiger partial charge is 0.345 e. The normalized spacial score (nSPS) is 11.8. The average molecular weight is 256 g/mol. The predicted octanol–water partition coefficient (Wildman–Crippen LogP) is 0.823. The number of aliphatic carboxylic acids is 1. The van der Waals surface area contributed by atoms with Crippen molar-refractivity contribution in [2.75, 3.05) is 0 Å². The van der Waals surface area contributed by atoms with E-state index in [0.29, 0.717) is 0 Å². The summed E-state index contributed by atoms with van der Waals surface area (Å²) in [6, 6.07) is 1.73. The molecule has 1 unspecified atom stereocenters. The van der Waals surface area contributed by atoms with E-state index in [1.165, 1.54) is 6.92 Å². The summed E-state index contributed by atoms with van der Waals surface area (Å²) < 4.78 is 4.65. The quantitative estimate of drug-likeness (QED) is 0.464. The number of hydrogen-bond acceptors (Lipinski definition) is 6. The Bertz CT molecular complexity index is 457. The van der Waals surface area contributed by atoms with Gasteiger partial charge >= 0.3 is 11.9 Å². The number of rotatable bonds is 4. The maximum atomic E-state index is 11.5. The van der Waals surface area contributed by atoms with Crippen LogP contribution in [0.25, 0.3) is 0 Å². The van der Waals surface area contributed by atoms with Crippen molar-refractivity contribution in [3.63, 3.8) is 0 Å². The van der Waals surface area contributed by atoms with Crippen LogP contribution in [0.3, 0.4) is 0 Å². The second kappa shape index (κ2) is 5.26. The lowest BCUT2D eigenvalue weighted by Gasteiger charge is -2.12. The van der Waals surface area contributed by atoms with Crippen molar-refractivity contribution < 1.29 is 34.8 Å². The van der Waals surface area contributed by atoms with Gasteiger partial charge in [0, 0.05) is 0 Å². The standard InChI is InChI=1S/C11H12O7/c1-2-8(10(15)16)18-11(17)5-3-6(12)9(14)7(13)4-5/h3-4,8,12-14H,2H2,1H3,(H,15,16). The fourth-order valence-corrected chi connectivity index (χ4v) is 1.23. The fourth-order valence-electron chi connectivity index (χ4n) is 1.23. The van der Waals surface area contributed by atoms with Crippen molar-refractivity contribution in [1.82, 2.24) is 0 Å². The lowest BCUT2D eigenvalue weighted by molar-refractivity contribution is -0.147. The van der Waals surface area contributed by atoms with E-state index in [1.54, 1.807) is 0 Å². The maximum Gasteiger partial charge on any atom is 0.345 e. The van der Waals surface area contributed by atoms with Gasteiger partial charge in [-0.1, -0.05) is 6.92 Å². The highest BCUT2D eigenvalue weighted by Crippen LogP contribution is 2.35. The summed E-state index contributed by atoms with van der Waals surface area (Å²) >= 11 is 0. The van der Waals surface area contributed by atoms with Crippen LogP contribution in [0.15, 0.2) is 12.1 Å². The molecular weight excluding hydrogens is 244 g/mol. The third-order valence-electron chi connectivity index (χ3n) is 2.20. The summed E-state index contributed by atoms with van der Waals surface area (Å²) in [5.41, 5.74) is -0.262. The van der Waals surface area contributed by atoms with Gasteiger partial charge in [0.15, 0.2) is 23.4 Å².